The largest absolute Gasteiger partial charge is 0.481 e. The Hall–Kier alpha value is -3.30. The van der Waals surface area contributed by atoms with Gasteiger partial charge in [0, 0.05) is 13.0 Å². The summed E-state index contributed by atoms with van der Waals surface area (Å²) in [6, 6.07) is 3.68. The van der Waals surface area contributed by atoms with Crippen LogP contribution in [0.25, 0.3) is 0 Å². The zero-order valence-electron chi connectivity index (χ0n) is 20.8. The predicted octanol–water partition coefficient (Wildman–Crippen LogP) is 2.77. The monoisotopic (exact) mass is 480 g/mol. The van der Waals surface area contributed by atoms with Gasteiger partial charge in [-0.1, -0.05) is 25.8 Å². The molecule has 2 N–H and O–H groups in total. The fourth-order valence-corrected chi connectivity index (χ4v) is 2.90. The number of carbonyl (C=O) groups excluding carboxylic acids is 4. The molecule has 0 radical (unpaired) electrons. The van der Waals surface area contributed by atoms with Crippen LogP contribution in [0, 0.1) is 0 Å². The van der Waals surface area contributed by atoms with E-state index in [0.29, 0.717) is 12.1 Å². The average Bonchev–Trinajstić information content (AvgIpc) is 2.78. The molecule has 10 heteroatoms. The summed E-state index contributed by atoms with van der Waals surface area (Å²) in [5.41, 5.74) is -0.0954. The highest BCUT2D eigenvalue weighted by atomic mass is 16.6. The molecular formula is C24H36N2O8. The minimum Gasteiger partial charge on any atom is -0.481 e. The molecule has 1 rings (SSSR count). The number of methoxy groups -OCH3 is 2. The molecule has 1 unspecified atom stereocenters. The Kier molecular flexibility index (Phi) is 11.9. The van der Waals surface area contributed by atoms with Crippen LogP contribution in [0.1, 0.15) is 62.9 Å². The molecule has 0 saturated carbocycles. The van der Waals surface area contributed by atoms with E-state index in [1.54, 1.807) is 26.8 Å². The van der Waals surface area contributed by atoms with Gasteiger partial charge in [0.1, 0.15) is 23.0 Å². The van der Waals surface area contributed by atoms with Crippen LogP contribution in [0.5, 0.6) is 5.75 Å². The Morgan fingerprint density at radius 1 is 1.03 bits per heavy atom. The molecule has 0 aliphatic carbocycles. The number of nitrogens with one attached hydrogen (secondary N) is 2. The number of hydrogen-bond donors (Lipinski definition) is 2. The van der Waals surface area contributed by atoms with Crippen molar-refractivity contribution < 1.29 is 38.1 Å². The molecule has 2 amide bonds. The molecule has 1 atom stereocenters. The number of benzene rings is 1. The van der Waals surface area contributed by atoms with Gasteiger partial charge in [0.25, 0.3) is 0 Å². The first-order valence-corrected chi connectivity index (χ1v) is 11.2. The highest BCUT2D eigenvalue weighted by Crippen LogP contribution is 2.22. The number of rotatable bonds is 12. The van der Waals surface area contributed by atoms with E-state index in [4.69, 9.17) is 14.2 Å². The maximum Gasteiger partial charge on any atom is 0.408 e. The molecule has 34 heavy (non-hydrogen) atoms. The van der Waals surface area contributed by atoms with Gasteiger partial charge >= 0.3 is 18.0 Å². The van der Waals surface area contributed by atoms with E-state index in [9.17, 15) is 19.2 Å². The average molecular weight is 481 g/mol. The quantitative estimate of drug-likeness (QED) is 0.265. The number of ether oxygens (including phenoxy) is 4. The first kappa shape index (κ1) is 28.7. The molecule has 1 aromatic rings. The Bertz CT molecular complexity index is 848. The van der Waals surface area contributed by atoms with Crippen molar-refractivity contribution in [2.45, 2.75) is 65.0 Å². The minimum atomic E-state index is -0.941. The topological polar surface area (TPSA) is 129 Å². The molecule has 1 aromatic carbocycles. The van der Waals surface area contributed by atoms with E-state index in [0.717, 1.165) is 19.3 Å². The van der Waals surface area contributed by atoms with E-state index in [-0.39, 0.29) is 30.2 Å². The third-order valence-electron chi connectivity index (χ3n) is 4.55. The Balaban J connectivity index is 3.10. The standard InChI is InChI=1S/C24H36N2O8/c1-7-8-9-12-25-21(28)18(26-23(30)34-24(2,3)4)14-16-10-11-19(33-15-20(27)31-5)17(13-16)22(29)32-6/h10-11,13,18H,7-9,12,14-15H2,1-6H3,(H,25,28)(H,26,30). The molecule has 0 heterocycles. The van der Waals surface area contributed by atoms with Crippen molar-refractivity contribution in [1.82, 2.24) is 10.6 Å². The van der Waals surface area contributed by atoms with Crippen LogP contribution in [-0.2, 0) is 30.2 Å². The van der Waals surface area contributed by atoms with Gasteiger partial charge in [-0.25, -0.2) is 14.4 Å². The number of hydrogen-bond acceptors (Lipinski definition) is 8. The summed E-state index contributed by atoms with van der Waals surface area (Å²) in [4.78, 5) is 48.8. The molecule has 0 fully saturated rings. The van der Waals surface area contributed by atoms with Crippen LogP contribution in [-0.4, -0.2) is 63.0 Å². The maximum atomic E-state index is 12.8. The summed E-state index contributed by atoms with van der Waals surface area (Å²) < 4.78 is 20.0. The lowest BCUT2D eigenvalue weighted by molar-refractivity contribution is -0.142. The SMILES string of the molecule is CCCCCNC(=O)C(Cc1ccc(OCC(=O)OC)c(C(=O)OC)c1)NC(=O)OC(C)(C)C. The van der Waals surface area contributed by atoms with Gasteiger partial charge in [-0.2, -0.15) is 0 Å². The molecule has 0 aliphatic heterocycles. The number of carbonyl (C=O) groups is 4. The van der Waals surface area contributed by atoms with Crippen LogP contribution in [0.3, 0.4) is 0 Å². The van der Waals surface area contributed by atoms with Crippen molar-refractivity contribution >= 4 is 23.9 Å². The molecule has 0 saturated heterocycles. The van der Waals surface area contributed by atoms with Crippen molar-refractivity contribution in [3.05, 3.63) is 29.3 Å². The predicted molar refractivity (Wildman–Crippen MR) is 125 cm³/mol. The molecule has 190 valence electrons. The van der Waals surface area contributed by atoms with E-state index in [2.05, 4.69) is 22.3 Å². The van der Waals surface area contributed by atoms with Gasteiger partial charge in [0.05, 0.1) is 14.2 Å². The normalized spacial score (nSPS) is 11.7. The van der Waals surface area contributed by atoms with Crippen LogP contribution in [0.2, 0.25) is 0 Å². The highest BCUT2D eigenvalue weighted by molar-refractivity contribution is 5.93. The van der Waals surface area contributed by atoms with E-state index < -0.39 is 29.7 Å². The number of esters is 2. The summed E-state index contributed by atoms with van der Waals surface area (Å²) in [5, 5.41) is 5.43. The summed E-state index contributed by atoms with van der Waals surface area (Å²) >= 11 is 0. The Morgan fingerprint density at radius 3 is 2.32 bits per heavy atom. The van der Waals surface area contributed by atoms with Gasteiger partial charge in [-0.15, -0.1) is 0 Å². The second-order valence-electron chi connectivity index (χ2n) is 8.59. The summed E-state index contributed by atoms with van der Waals surface area (Å²) in [5.74, 6) is -1.53. The lowest BCUT2D eigenvalue weighted by Gasteiger charge is -2.23. The second kappa shape index (κ2) is 14.1. The summed E-state index contributed by atoms with van der Waals surface area (Å²) in [6.07, 6.45) is 2.16. The van der Waals surface area contributed by atoms with Gasteiger partial charge in [0.15, 0.2) is 6.61 Å². The van der Waals surface area contributed by atoms with Crippen molar-refractivity contribution in [2.75, 3.05) is 27.4 Å². The third-order valence-corrected chi connectivity index (χ3v) is 4.55. The molecule has 0 aliphatic rings. The number of amides is 2. The fourth-order valence-electron chi connectivity index (χ4n) is 2.90. The lowest BCUT2D eigenvalue weighted by atomic mass is 10.0. The minimum absolute atomic E-state index is 0.0725. The van der Waals surface area contributed by atoms with Crippen LogP contribution >= 0.6 is 0 Å². The van der Waals surface area contributed by atoms with Gasteiger partial charge in [-0.3, -0.25) is 4.79 Å². The first-order chi connectivity index (χ1) is 16.0. The second-order valence-corrected chi connectivity index (χ2v) is 8.59. The molecule has 10 nitrogen and oxygen atoms in total. The zero-order chi connectivity index (χ0) is 25.7. The van der Waals surface area contributed by atoms with Crippen molar-refractivity contribution in [1.29, 1.82) is 0 Å². The Labute approximate surface area is 200 Å². The van der Waals surface area contributed by atoms with Crippen molar-refractivity contribution in [2.24, 2.45) is 0 Å². The highest BCUT2D eigenvalue weighted by Gasteiger charge is 2.25. The van der Waals surface area contributed by atoms with Crippen molar-refractivity contribution in [3.63, 3.8) is 0 Å². The Morgan fingerprint density at radius 2 is 1.74 bits per heavy atom. The van der Waals surface area contributed by atoms with E-state index in [1.807, 2.05) is 0 Å². The van der Waals surface area contributed by atoms with Gasteiger partial charge in [-0.05, 0) is 44.9 Å². The van der Waals surface area contributed by atoms with Crippen LogP contribution in [0.4, 0.5) is 4.79 Å². The first-order valence-electron chi connectivity index (χ1n) is 11.2. The molecular weight excluding hydrogens is 444 g/mol. The maximum absolute atomic E-state index is 12.8. The number of unbranched alkanes of at least 4 members (excludes halogenated alkanes) is 2. The molecule has 0 spiro atoms. The van der Waals surface area contributed by atoms with Crippen LogP contribution in [0.15, 0.2) is 18.2 Å². The van der Waals surface area contributed by atoms with Gasteiger partial charge in [0.2, 0.25) is 5.91 Å². The lowest BCUT2D eigenvalue weighted by Crippen LogP contribution is -2.49. The summed E-state index contributed by atoms with van der Waals surface area (Å²) in [7, 11) is 2.44. The van der Waals surface area contributed by atoms with E-state index in [1.165, 1.54) is 26.4 Å². The van der Waals surface area contributed by atoms with Crippen LogP contribution < -0.4 is 15.4 Å². The smallest absolute Gasteiger partial charge is 0.408 e. The summed E-state index contributed by atoms with van der Waals surface area (Å²) in [6.45, 7) is 7.33. The molecule has 0 bridgehead atoms. The third kappa shape index (κ3) is 10.5. The van der Waals surface area contributed by atoms with Gasteiger partial charge < -0.3 is 29.6 Å². The fraction of sp³-hybridized carbons (Fsp3) is 0.583. The molecule has 0 aromatic heterocycles. The number of alkyl carbamates (subject to hydrolysis) is 1. The zero-order valence-corrected chi connectivity index (χ0v) is 20.8. The van der Waals surface area contributed by atoms with Crippen molar-refractivity contribution in [3.8, 4) is 5.75 Å². The van der Waals surface area contributed by atoms with E-state index >= 15 is 0 Å².